The molecule has 1 aliphatic rings. The number of para-hydroxylation sites is 1. The molecule has 1 aromatic heterocycles. The molecule has 0 fully saturated rings. The highest BCUT2D eigenvalue weighted by Gasteiger charge is 2.22. The van der Waals surface area contributed by atoms with Crippen LogP contribution < -0.4 is 20.1 Å². The summed E-state index contributed by atoms with van der Waals surface area (Å²) in [5, 5.41) is 5.83. The largest absolute Gasteiger partial charge is 0.493 e. The smallest absolute Gasteiger partial charge is 0.315 e. The zero-order chi connectivity index (χ0) is 16.1. The van der Waals surface area contributed by atoms with Gasteiger partial charge in [0, 0.05) is 30.3 Å². The normalized spacial score (nSPS) is 16.0. The zero-order valence-electron chi connectivity index (χ0n) is 12.9. The second-order valence-corrected chi connectivity index (χ2v) is 5.23. The summed E-state index contributed by atoms with van der Waals surface area (Å²) in [7, 11) is 1.56. The van der Waals surface area contributed by atoms with Crippen LogP contribution in [0.3, 0.4) is 0 Å². The average molecular weight is 313 g/mol. The number of pyridine rings is 1. The highest BCUT2D eigenvalue weighted by molar-refractivity contribution is 5.74. The van der Waals surface area contributed by atoms with Crippen LogP contribution in [0, 0.1) is 0 Å². The molecule has 2 N–H and O–H groups in total. The van der Waals surface area contributed by atoms with Crippen LogP contribution in [0.5, 0.6) is 11.6 Å². The minimum Gasteiger partial charge on any atom is -0.493 e. The van der Waals surface area contributed by atoms with Crippen LogP contribution in [0.4, 0.5) is 4.79 Å². The fraction of sp³-hybridized carbons (Fsp3) is 0.294. The Morgan fingerprint density at radius 2 is 2.22 bits per heavy atom. The molecule has 1 atom stereocenters. The third-order valence-corrected chi connectivity index (χ3v) is 3.75. The van der Waals surface area contributed by atoms with Crippen molar-refractivity contribution < 1.29 is 14.3 Å². The maximum absolute atomic E-state index is 12.2. The SMILES string of the molecule is COc1ncccc1CNC(=O)N[C@@H]1CCOc2ccccc21. The second kappa shape index (κ2) is 7.00. The molecule has 23 heavy (non-hydrogen) atoms. The Kier molecular flexibility index (Phi) is 4.61. The van der Waals surface area contributed by atoms with E-state index in [9.17, 15) is 4.79 Å². The highest BCUT2D eigenvalue weighted by atomic mass is 16.5. The van der Waals surface area contributed by atoms with E-state index >= 15 is 0 Å². The lowest BCUT2D eigenvalue weighted by Gasteiger charge is -2.26. The molecule has 1 aromatic carbocycles. The summed E-state index contributed by atoms with van der Waals surface area (Å²) in [6.07, 6.45) is 2.40. The molecule has 0 saturated heterocycles. The van der Waals surface area contributed by atoms with Gasteiger partial charge in [0.1, 0.15) is 5.75 Å². The Bertz CT molecular complexity index is 690. The van der Waals surface area contributed by atoms with E-state index in [2.05, 4.69) is 15.6 Å². The monoisotopic (exact) mass is 313 g/mol. The van der Waals surface area contributed by atoms with Crippen LogP contribution in [0.2, 0.25) is 0 Å². The summed E-state index contributed by atoms with van der Waals surface area (Å²) >= 11 is 0. The number of urea groups is 1. The number of hydrogen-bond donors (Lipinski definition) is 2. The van der Waals surface area contributed by atoms with Crippen molar-refractivity contribution in [1.82, 2.24) is 15.6 Å². The Balaban J connectivity index is 1.60. The molecule has 0 spiro atoms. The van der Waals surface area contributed by atoms with Gasteiger partial charge in [0.05, 0.1) is 19.8 Å². The molecule has 120 valence electrons. The van der Waals surface area contributed by atoms with Gasteiger partial charge in [-0.3, -0.25) is 0 Å². The minimum absolute atomic E-state index is 0.0456. The van der Waals surface area contributed by atoms with Crippen molar-refractivity contribution in [2.24, 2.45) is 0 Å². The van der Waals surface area contributed by atoms with Crippen molar-refractivity contribution in [3.63, 3.8) is 0 Å². The van der Waals surface area contributed by atoms with Crippen LogP contribution in [0.15, 0.2) is 42.6 Å². The molecule has 2 amide bonds. The molecule has 2 heterocycles. The number of nitrogens with zero attached hydrogens (tertiary/aromatic N) is 1. The first-order valence-corrected chi connectivity index (χ1v) is 7.52. The lowest BCUT2D eigenvalue weighted by atomic mass is 10.0. The number of benzene rings is 1. The van der Waals surface area contributed by atoms with Gasteiger partial charge in [0.15, 0.2) is 0 Å². The Hall–Kier alpha value is -2.76. The van der Waals surface area contributed by atoms with Gasteiger partial charge in [-0.2, -0.15) is 0 Å². The number of methoxy groups -OCH3 is 1. The van der Waals surface area contributed by atoms with Crippen molar-refractivity contribution >= 4 is 6.03 Å². The van der Waals surface area contributed by atoms with Crippen molar-refractivity contribution in [3.05, 3.63) is 53.7 Å². The van der Waals surface area contributed by atoms with Gasteiger partial charge in [0.25, 0.3) is 0 Å². The van der Waals surface area contributed by atoms with E-state index in [4.69, 9.17) is 9.47 Å². The lowest BCUT2D eigenvalue weighted by molar-refractivity contribution is 0.223. The molecule has 2 aromatic rings. The summed E-state index contributed by atoms with van der Waals surface area (Å²) in [6, 6.07) is 11.2. The Labute approximate surface area is 134 Å². The van der Waals surface area contributed by atoms with Crippen LogP contribution in [-0.4, -0.2) is 24.7 Å². The number of rotatable bonds is 4. The molecule has 0 unspecified atom stereocenters. The van der Waals surface area contributed by atoms with Crippen molar-refractivity contribution in [2.75, 3.05) is 13.7 Å². The summed E-state index contributed by atoms with van der Waals surface area (Å²) in [5.41, 5.74) is 1.84. The number of nitrogens with one attached hydrogen (secondary N) is 2. The molecule has 1 aliphatic heterocycles. The molecule has 0 radical (unpaired) electrons. The van der Waals surface area contributed by atoms with Crippen molar-refractivity contribution in [3.8, 4) is 11.6 Å². The van der Waals surface area contributed by atoms with Gasteiger partial charge in [0.2, 0.25) is 5.88 Å². The van der Waals surface area contributed by atoms with E-state index in [1.165, 1.54) is 0 Å². The number of aromatic nitrogens is 1. The number of hydrogen-bond acceptors (Lipinski definition) is 4. The molecular weight excluding hydrogens is 294 g/mol. The van der Waals surface area contributed by atoms with Gasteiger partial charge < -0.3 is 20.1 Å². The number of carbonyl (C=O) groups excluding carboxylic acids is 1. The summed E-state index contributed by atoms with van der Waals surface area (Å²) < 4.78 is 10.8. The quantitative estimate of drug-likeness (QED) is 0.909. The van der Waals surface area contributed by atoms with E-state index in [0.717, 1.165) is 23.3 Å². The number of fused-ring (bicyclic) bond motifs is 1. The van der Waals surface area contributed by atoms with Crippen LogP contribution in [-0.2, 0) is 6.54 Å². The minimum atomic E-state index is -0.224. The third kappa shape index (κ3) is 3.53. The first kappa shape index (κ1) is 15.1. The van der Waals surface area contributed by atoms with E-state index in [-0.39, 0.29) is 12.1 Å². The number of carbonyl (C=O) groups is 1. The molecular formula is C17H19N3O3. The van der Waals surface area contributed by atoms with Gasteiger partial charge in [-0.1, -0.05) is 24.3 Å². The molecule has 0 saturated carbocycles. The van der Waals surface area contributed by atoms with Crippen molar-refractivity contribution in [1.29, 1.82) is 0 Å². The Morgan fingerprint density at radius 1 is 1.35 bits per heavy atom. The summed E-state index contributed by atoms with van der Waals surface area (Å²) in [5.74, 6) is 1.35. The topological polar surface area (TPSA) is 72.5 Å². The average Bonchev–Trinajstić information content (AvgIpc) is 2.60. The zero-order valence-corrected chi connectivity index (χ0v) is 12.9. The first-order valence-electron chi connectivity index (χ1n) is 7.52. The highest BCUT2D eigenvalue weighted by Crippen LogP contribution is 2.31. The molecule has 6 heteroatoms. The first-order chi connectivity index (χ1) is 11.3. The number of ether oxygens (including phenoxy) is 2. The predicted molar refractivity (Wildman–Crippen MR) is 85.5 cm³/mol. The molecule has 0 bridgehead atoms. The maximum atomic E-state index is 12.2. The third-order valence-electron chi connectivity index (χ3n) is 3.75. The standard InChI is InChI=1S/C17H19N3O3/c1-22-16-12(5-4-9-18-16)11-19-17(21)20-14-8-10-23-15-7-3-2-6-13(14)15/h2-7,9,14H,8,10-11H2,1H3,(H2,19,20,21)/t14-/m1/s1. The van der Waals surface area contributed by atoms with Gasteiger partial charge in [-0.05, 0) is 12.1 Å². The maximum Gasteiger partial charge on any atom is 0.315 e. The second-order valence-electron chi connectivity index (χ2n) is 5.23. The molecule has 3 rings (SSSR count). The van der Waals surface area contributed by atoms with Gasteiger partial charge >= 0.3 is 6.03 Å². The van der Waals surface area contributed by atoms with Crippen LogP contribution in [0.25, 0.3) is 0 Å². The number of amides is 2. The van der Waals surface area contributed by atoms with Crippen LogP contribution >= 0.6 is 0 Å². The van der Waals surface area contributed by atoms with E-state index < -0.39 is 0 Å². The predicted octanol–water partition coefficient (Wildman–Crippen LogP) is 2.41. The molecule has 6 nitrogen and oxygen atoms in total. The lowest BCUT2D eigenvalue weighted by Crippen LogP contribution is -2.39. The fourth-order valence-electron chi connectivity index (χ4n) is 2.62. The van der Waals surface area contributed by atoms with E-state index in [1.54, 1.807) is 13.3 Å². The van der Waals surface area contributed by atoms with Gasteiger partial charge in [-0.25, -0.2) is 9.78 Å². The van der Waals surface area contributed by atoms with Crippen LogP contribution in [0.1, 0.15) is 23.6 Å². The fourth-order valence-corrected chi connectivity index (χ4v) is 2.62. The molecule has 0 aliphatic carbocycles. The van der Waals surface area contributed by atoms with Gasteiger partial charge in [-0.15, -0.1) is 0 Å². The van der Waals surface area contributed by atoms with E-state index in [0.29, 0.717) is 19.0 Å². The van der Waals surface area contributed by atoms with Crippen molar-refractivity contribution in [2.45, 2.75) is 19.0 Å². The summed E-state index contributed by atoms with van der Waals surface area (Å²) in [4.78, 5) is 16.3. The summed E-state index contributed by atoms with van der Waals surface area (Å²) in [6.45, 7) is 0.950. The van der Waals surface area contributed by atoms with E-state index in [1.807, 2.05) is 36.4 Å². The Morgan fingerprint density at radius 3 is 3.09 bits per heavy atom.